The quantitative estimate of drug-likeness (QED) is 0.342. The number of para-hydroxylation sites is 2. The molecule has 0 saturated carbocycles. The van der Waals surface area contributed by atoms with Crippen LogP contribution in [-0.4, -0.2) is 26.5 Å². The van der Waals surface area contributed by atoms with E-state index in [1.54, 1.807) is 24.3 Å². The summed E-state index contributed by atoms with van der Waals surface area (Å²) in [4.78, 5) is 16.0. The van der Waals surface area contributed by atoms with E-state index in [1.165, 1.54) is 24.6 Å². The number of nitrogens with zero attached hydrogens (tertiary/aromatic N) is 1. The van der Waals surface area contributed by atoms with E-state index < -0.39 is 16.1 Å². The van der Waals surface area contributed by atoms with Gasteiger partial charge in [-0.25, -0.2) is 9.78 Å². The van der Waals surface area contributed by atoms with E-state index in [1.807, 2.05) is 19.1 Å². The summed E-state index contributed by atoms with van der Waals surface area (Å²) < 4.78 is 41.6. The molecule has 0 aliphatic carbocycles. The summed E-state index contributed by atoms with van der Waals surface area (Å²) in [7, 11) is -3.10. The zero-order valence-corrected chi connectivity index (χ0v) is 17.0. The third-order valence-electron chi connectivity index (χ3n) is 4.13. The molecule has 29 heavy (non-hydrogen) atoms. The lowest BCUT2D eigenvalue weighted by molar-refractivity contribution is 0.0602. The lowest BCUT2D eigenvalue weighted by Gasteiger charge is -2.10. The molecule has 7 nitrogen and oxygen atoms in total. The molecule has 0 aliphatic heterocycles. The lowest BCUT2D eigenvalue weighted by Crippen LogP contribution is -2.13. The van der Waals surface area contributed by atoms with Gasteiger partial charge in [-0.1, -0.05) is 23.8 Å². The maximum absolute atomic E-state index is 12.9. The van der Waals surface area contributed by atoms with Crippen molar-refractivity contribution in [1.82, 2.24) is 4.98 Å². The van der Waals surface area contributed by atoms with Crippen LogP contribution in [0.15, 0.2) is 63.2 Å². The average molecular weight is 429 g/mol. The van der Waals surface area contributed by atoms with Crippen molar-refractivity contribution < 1.29 is 26.5 Å². The number of carbonyl (C=O) groups is 1. The molecule has 0 spiro atoms. The van der Waals surface area contributed by atoms with Crippen LogP contribution < -0.4 is 4.18 Å². The SMILES string of the molecule is COC(=O)c1sccc1S(=O)(=O)Oc1ccc(C)cc1-c1nc2ccccc2o1. The molecular formula is C20H15NO6S2. The van der Waals surface area contributed by atoms with Gasteiger partial charge in [-0.2, -0.15) is 8.42 Å². The first-order valence-corrected chi connectivity index (χ1v) is 10.7. The van der Waals surface area contributed by atoms with Gasteiger partial charge in [0.1, 0.15) is 15.3 Å². The average Bonchev–Trinajstić information content (AvgIpc) is 3.36. The van der Waals surface area contributed by atoms with Gasteiger partial charge in [0.05, 0.1) is 12.7 Å². The van der Waals surface area contributed by atoms with E-state index in [0.29, 0.717) is 16.7 Å². The fourth-order valence-corrected chi connectivity index (χ4v) is 5.03. The summed E-state index contributed by atoms with van der Waals surface area (Å²) in [6.45, 7) is 1.86. The van der Waals surface area contributed by atoms with Crippen molar-refractivity contribution in [3.8, 4) is 17.2 Å². The summed E-state index contributed by atoms with van der Waals surface area (Å²) in [6.07, 6.45) is 0. The van der Waals surface area contributed by atoms with Crippen LogP contribution in [0.25, 0.3) is 22.6 Å². The molecule has 0 fully saturated rings. The van der Waals surface area contributed by atoms with Crippen molar-refractivity contribution in [1.29, 1.82) is 0 Å². The minimum atomic E-state index is -4.29. The molecular weight excluding hydrogens is 414 g/mol. The van der Waals surface area contributed by atoms with Crippen LogP contribution in [0.1, 0.15) is 15.2 Å². The van der Waals surface area contributed by atoms with Gasteiger partial charge in [-0.3, -0.25) is 0 Å². The number of aryl methyl sites for hydroxylation is 1. The molecule has 2 aromatic carbocycles. The van der Waals surface area contributed by atoms with Gasteiger partial charge in [0.2, 0.25) is 5.89 Å². The Balaban J connectivity index is 1.78. The fourth-order valence-electron chi connectivity index (χ4n) is 2.77. The molecule has 0 amide bonds. The van der Waals surface area contributed by atoms with E-state index in [9.17, 15) is 13.2 Å². The van der Waals surface area contributed by atoms with Crippen LogP contribution in [0.2, 0.25) is 0 Å². The zero-order chi connectivity index (χ0) is 20.6. The molecule has 4 rings (SSSR count). The highest BCUT2D eigenvalue weighted by Gasteiger charge is 2.28. The summed E-state index contributed by atoms with van der Waals surface area (Å²) in [5.74, 6) is -0.465. The topological polar surface area (TPSA) is 95.7 Å². The van der Waals surface area contributed by atoms with Crippen LogP contribution in [0, 0.1) is 6.92 Å². The first-order valence-electron chi connectivity index (χ1n) is 8.46. The van der Waals surface area contributed by atoms with Crippen LogP contribution in [-0.2, 0) is 14.9 Å². The number of rotatable bonds is 5. The second-order valence-corrected chi connectivity index (χ2v) is 8.56. The molecule has 0 atom stereocenters. The molecule has 0 saturated heterocycles. The molecule has 0 radical (unpaired) electrons. The Bertz CT molecular complexity index is 1290. The van der Waals surface area contributed by atoms with Gasteiger partial charge in [0.25, 0.3) is 0 Å². The van der Waals surface area contributed by atoms with E-state index in [2.05, 4.69) is 9.72 Å². The monoisotopic (exact) mass is 429 g/mol. The standard InChI is InChI=1S/C20H15NO6S2/c1-12-7-8-15(13(11-12)19-21-14-5-3-4-6-16(14)26-19)27-29(23,24)17-9-10-28-18(17)20(22)25-2/h3-11H,1-2H3. The van der Waals surface area contributed by atoms with Crippen molar-refractivity contribution >= 4 is 38.5 Å². The number of methoxy groups -OCH3 is 1. The van der Waals surface area contributed by atoms with Gasteiger partial charge < -0.3 is 13.3 Å². The molecule has 2 heterocycles. The molecule has 0 unspecified atom stereocenters. The van der Waals surface area contributed by atoms with Crippen LogP contribution in [0.5, 0.6) is 5.75 Å². The number of hydrogen-bond acceptors (Lipinski definition) is 8. The highest BCUT2D eigenvalue weighted by molar-refractivity contribution is 7.87. The Kier molecular flexibility index (Phi) is 4.85. The minimum absolute atomic E-state index is 0.0455. The number of esters is 1. The minimum Gasteiger partial charge on any atom is -0.465 e. The van der Waals surface area contributed by atoms with Gasteiger partial charge >= 0.3 is 16.1 Å². The van der Waals surface area contributed by atoms with Crippen molar-refractivity contribution in [2.75, 3.05) is 7.11 Å². The van der Waals surface area contributed by atoms with Crippen molar-refractivity contribution in [3.05, 3.63) is 64.4 Å². The molecule has 148 valence electrons. The van der Waals surface area contributed by atoms with Crippen LogP contribution in [0.4, 0.5) is 0 Å². The Labute approximate surface area is 170 Å². The molecule has 0 aliphatic rings. The maximum Gasteiger partial charge on any atom is 0.349 e. The van der Waals surface area contributed by atoms with Gasteiger partial charge in [-0.15, -0.1) is 11.3 Å². The predicted octanol–water partition coefficient (Wildman–Crippen LogP) is 4.42. The van der Waals surface area contributed by atoms with E-state index in [0.717, 1.165) is 16.9 Å². The first kappa shape index (κ1) is 19.2. The Morgan fingerprint density at radius 2 is 1.93 bits per heavy atom. The lowest BCUT2D eigenvalue weighted by atomic mass is 10.1. The highest BCUT2D eigenvalue weighted by atomic mass is 32.2. The van der Waals surface area contributed by atoms with Crippen molar-refractivity contribution in [2.24, 2.45) is 0 Å². The molecule has 0 bridgehead atoms. The number of benzene rings is 2. The molecule has 9 heteroatoms. The first-order chi connectivity index (χ1) is 13.9. The summed E-state index contributed by atoms with van der Waals surface area (Å²) in [6, 6.07) is 13.5. The normalized spacial score (nSPS) is 11.5. The zero-order valence-electron chi connectivity index (χ0n) is 15.4. The number of fused-ring (bicyclic) bond motifs is 1. The number of oxazole rings is 1. The number of thiophene rings is 1. The smallest absolute Gasteiger partial charge is 0.349 e. The van der Waals surface area contributed by atoms with Crippen molar-refractivity contribution in [3.63, 3.8) is 0 Å². The summed E-state index contributed by atoms with van der Waals surface area (Å²) in [5, 5.41) is 1.49. The Morgan fingerprint density at radius 1 is 1.14 bits per heavy atom. The molecule has 4 aromatic rings. The van der Waals surface area contributed by atoms with Crippen LogP contribution >= 0.6 is 11.3 Å². The van der Waals surface area contributed by atoms with Gasteiger partial charge in [0, 0.05) is 0 Å². The fraction of sp³-hybridized carbons (Fsp3) is 0.100. The number of aromatic nitrogens is 1. The van der Waals surface area contributed by atoms with Crippen molar-refractivity contribution in [2.45, 2.75) is 11.8 Å². The highest BCUT2D eigenvalue weighted by Crippen LogP contribution is 2.35. The summed E-state index contributed by atoms with van der Waals surface area (Å²) >= 11 is 0.961. The third-order valence-corrected chi connectivity index (χ3v) is 6.43. The van der Waals surface area contributed by atoms with Crippen LogP contribution in [0.3, 0.4) is 0 Å². The Hall–Kier alpha value is -3.17. The second-order valence-electron chi connectivity index (χ2n) is 6.13. The van der Waals surface area contributed by atoms with E-state index in [-0.39, 0.29) is 21.4 Å². The number of carbonyl (C=O) groups excluding carboxylic acids is 1. The molecule has 2 aromatic heterocycles. The number of ether oxygens (including phenoxy) is 1. The second kappa shape index (κ2) is 7.34. The van der Waals surface area contributed by atoms with Gasteiger partial charge in [-0.05, 0) is 42.6 Å². The Morgan fingerprint density at radius 3 is 2.69 bits per heavy atom. The molecule has 0 N–H and O–H groups in total. The largest absolute Gasteiger partial charge is 0.465 e. The van der Waals surface area contributed by atoms with Gasteiger partial charge in [0.15, 0.2) is 11.3 Å². The third kappa shape index (κ3) is 3.62. The van der Waals surface area contributed by atoms with E-state index in [4.69, 9.17) is 8.60 Å². The maximum atomic E-state index is 12.9. The van der Waals surface area contributed by atoms with E-state index >= 15 is 0 Å². The summed E-state index contributed by atoms with van der Waals surface area (Å²) in [5.41, 5.74) is 2.48. The predicted molar refractivity (Wildman–Crippen MR) is 108 cm³/mol. The number of hydrogen-bond donors (Lipinski definition) is 0.